The smallest absolute Gasteiger partial charge is 0.325 e. The number of carbonyl (C=O) groups is 2. The normalized spacial score (nSPS) is 20.1. The molecule has 2 aromatic rings. The van der Waals surface area contributed by atoms with E-state index in [1.165, 1.54) is 0 Å². The van der Waals surface area contributed by atoms with Gasteiger partial charge in [0.05, 0.1) is 49.2 Å². The SMILES string of the molecule is CCN1C(=O)N2Cc3cc(OC)cc(OC)c3[C@@H](C)C=C2C12CCN(C(=O)c1cccc(N(C)I)c1)CC2. The Bertz CT molecular complexity index is 1290. The minimum Gasteiger partial charge on any atom is -0.497 e. The number of likely N-dealkylation sites (N-methyl/N-ethyl adjacent to an activating group) is 1. The first-order valence-electron chi connectivity index (χ1n) is 13.1. The van der Waals surface area contributed by atoms with Crippen LogP contribution in [-0.4, -0.2) is 73.1 Å². The van der Waals surface area contributed by atoms with E-state index in [1.807, 2.05) is 68.2 Å². The van der Waals surface area contributed by atoms with Gasteiger partial charge in [-0.25, -0.2) is 4.79 Å². The molecule has 3 amide bonds. The van der Waals surface area contributed by atoms with Crippen LogP contribution in [-0.2, 0) is 6.54 Å². The average Bonchev–Trinajstić information content (AvgIpc) is 3.03. The number of allylic oxidation sites excluding steroid dienone is 1. The van der Waals surface area contributed by atoms with E-state index in [4.69, 9.17) is 9.47 Å². The molecule has 0 aromatic heterocycles. The van der Waals surface area contributed by atoms with Gasteiger partial charge in [0.15, 0.2) is 0 Å². The molecule has 202 valence electrons. The van der Waals surface area contributed by atoms with Gasteiger partial charge in [0.25, 0.3) is 5.91 Å². The first kappa shape index (κ1) is 26.6. The van der Waals surface area contributed by atoms with Crippen LogP contribution in [0, 0.1) is 0 Å². The van der Waals surface area contributed by atoms with Crippen LogP contribution < -0.4 is 12.6 Å². The molecule has 3 aliphatic heterocycles. The second kappa shape index (κ2) is 10.3. The van der Waals surface area contributed by atoms with Crippen molar-refractivity contribution in [1.82, 2.24) is 14.7 Å². The van der Waals surface area contributed by atoms with Crippen molar-refractivity contribution in [2.45, 2.75) is 44.7 Å². The van der Waals surface area contributed by atoms with Crippen LogP contribution in [0.2, 0.25) is 0 Å². The van der Waals surface area contributed by atoms with E-state index in [1.54, 1.807) is 14.2 Å². The third-order valence-electron chi connectivity index (χ3n) is 8.24. The molecule has 0 aliphatic carbocycles. The van der Waals surface area contributed by atoms with Crippen molar-refractivity contribution < 1.29 is 19.1 Å². The summed E-state index contributed by atoms with van der Waals surface area (Å²) in [7, 11) is 5.28. The van der Waals surface area contributed by atoms with Crippen LogP contribution >= 0.6 is 22.9 Å². The highest BCUT2D eigenvalue weighted by molar-refractivity contribution is 14.1. The molecule has 2 fully saturated rings. The van der Waals surface area contributed by atoms with Crippen LogP contribution in [0.3, 0.4) is 0 Å². The number of anilines is 1. The maximum Gasteiger partial charge on any atom is 0.325 e. The number of fused-ring (bicyclic) bond motifs is 3. The predicted molar refractivity (Wildman–Crippen MR) is 156 cm³/mol. The number of carbonyl (C=O) groups excluding carboxylic acids is 2. The molecule has 3 heterocycles. The van der Waals surface area contributed by atoms with E-state index in [-0.39, 0.29) is 17.9 Å². The van der Waals surface area contributed by atoms with Crippen molar-refractivity contribution in [3.8, 4) is 11.5 Å². The fourth-order valence-electron chi connectivity index (χ4n) is 6.36. The summed E-state index contributed by atoms with van der Waals surface area (Å²) in [6.07, 6.45) is 3.65. The highest BCUT2D eigenvalue weighted by atomic mass is 127. The standard InChI is InChI=1S/C29H35IN4O4/c1-6-34-28(36)33-18-21-16-23(37-4)17-24(38-5)26(21)19(2)14-25(33)29(34)10-12-32(13-11-29)27(35)20-8-7-9-22(15-20)31(3)30/h7-9,14-17,19H,6,10-13,18H2,1-5H3/t19-/m0/s1. The third kappa shape index (κ3) is 4.28. The summed E-state index contributed by atoms with van der Waals surface area (Å²) in [5.41, 5.74) is 4.43. The molecule has 38 heavy (non-hydrogen) atoms. The number of amides is 3. The second-order valence-corrected chi connectivity index (χ2v) is 11.7. The maximum absolute atomic E-state index is 13.8. The van der Waals surface area contributed by atoms with Gasteiger partial charge in [-0.3, -0.25) is 9.69 Å². The minimum atomic E-state index is -0.430. The zero-order valence-electron chi connectivity index (χ0n) is 22.7. The first-order chi connectivity index (χ1) is 18.2. The number of nitrogens with zero attached hydrogens (tertiary/aromatic N) is 4. The summed E-state index contributed by atoms with van der Waals surface area (Å²) in [6.45, 7) is 6.47. The number of rotatable bonds is 5. The summed E-state index contributed by atoms with van der Waals surface area (Å²) in [4.78, 5) is 33.1. The molecule has 0 radical (unpaired) electrons. The summed E-state index contributed by atoms with van der Waals surface area (Å²) >= 11 is 2.21. The maximum atomic E-state index is 13.8. The van der Waals surface area contributed by atoms with E-state index in [0.29, 0.717) is 44.6 Å². The highest BCUT2D eigenvalue weighted by Gasteiger charge is 2.55. The van der Waals surface area contributed by atoms with Gasteiger partial charge < -0.3 is 22.4 Å². The van der Waals surface area contributed by atoms with Crippen LogP contribution in [0.25, 0.3) is 0 Å². The van der Waals surface area contributed by atoms with E-state index < -0.39 is 5.54 Å². The molecule has 1 spiro atoms. The van der Waals surface area contributed by atoms with Gasteiger partial charge in [-0.05, 0) is 49.6 Å². The van der Waals surface area contributed by atoms with Crippen molar-refractivity contribution >= 4 is 40.5 Å². The number of hydrogen-bond donors (Lipinski definition) is 0. The predicted octanol–water partition coefficient (Wildman–Crippen LogP) is 5.42. The summed E-state index contributed by atoms with van der Waals surface area (Å²) in [5.74, 6) is 1.59. The molecule has 5 rings (SSSR count). The molecule has 0 bridgehead atoms. The molecule has 3 aliphatic rings. The third-order valence-corrected chi connectivity index (χ3v) is 8.79. The van der Waals surface area contributed by atoms with E-state index in [2.05, 4.69) is 35.9 Å². The van der Waals surface area contributed by atoms with E-state index in [0.717, 1.165) is 34.0 Å². The lowest BCUT2D eigenvalue weighted by molar-refractivity contribution is 0.0575. The molecular weight excluding hydrogens is 595 g/mol. The quantitative estimate of drug-likeness (QED) is 0.326. The fourth-order valence-corrected chi connectivity index (χ4v) is 6.66. The molecule has 0 N–H and O–H groups in total. The molecule has 9 heteroatoms. The van der Waals surface area contributed by atoms with Crippen molar-refractivity contribution in [2.75, 3.05) is 44.0 Å². The number of hydrogen-bond acceptors (Lipinski definition) is 5. The number of methoxy groups -OCH3 is 2. The minimum absolute atomic E-state index is 0.0261. The molecule has 8 nitrogen and oxygen atoms in total. The van der Waals surface area contributed by atoms with Gasteiger partial charge in [-0.2, -0.15) is 0 Å². The molecule has 2 aromatic carbocycles. The van der Waals surface area contributed by atoms with Crippen molar-refractivity contribution in [3.05, 3.63) is 64.9 Å². The van der Waals surface area contributed by atoms with Gasteiger partial charge in [-0.15, -0.1) is 0 Å². The Kier molecular flexibility index (Phi) is 7.23. The monoisotopic (exact) mass is 630 g/mol. The molecular formula is C29H35IN4O4. The largest absolute Gasteiger partial charge is 0.497 e. The van der Waals surface area contributed by atoms with Gasteiger partial charge in [0.1, 0.15) is 11.5 Å². The lowest BCUT2D eigenvalue weighted by atomic mass is 9.82. The number of benzene rings is 2. The zero-order valence-corrected chi connectivity index (χ0v) is 24.8. The van der Waals surface area contributed by atoms with Gasteiger partial charge >= 0.3 is 6.03 Å². The van der Waals surface area contributed by atoms with Crippen LogP contribution in [0.15, 0.2) is 48.2 Å². The van der Waals surface area contributed by atoms with Crippen molar-refractivity contribution in [2.24, 2.45) is 0 Å². The number of likely N-dealkylation sites (tertiary alicyclic amines) is 1. The number of urea groups is 1. The number of piperidine rings is 1. The first-order valence-corrected chi connectivity index (χ1v) is 14.1. The van der Waals surface area contributed by atoms with Crippen molar-refractivity contribution in [3.63, 3.8) is 0 Å². The summed E-state index contributed by atoms with van der Waals surface area (Å²) in [6, 6.07) is 11.7. The molecule has 2 saturated heterocycles. The Hall–Kier alpha value is -2.95. The second-order valence-electron chi connectivity index (χ2n) is 10.2. The Morgan fingerprint density at radius 3 is 2.53 bits per heavy atom. The summed E-state index contributed by atoms with van der Waals surface area (Å²) < 4.78 is 13.2. The van der Waals surface area contributed by atoms with Crippen LogP contribution in [0.1, 0.15) is 54.1 Å². The van der Waals surface area contributed by atoms with E-state index >= 15 is 0 Å². The zero-order chi connectivity index (χ0) is 27.2. The Labute approximate surface area is 238 Å². The average molecular weight is 631 g/mol. The number of ether oxygens (including phenoxy) is 2. The number of halogens is 1. The fraction of sp³-hybridized carbons (Fsp3) is 0.448. The molecule has 0 unspecified atom stereocenters. The van der Waals surface area contributed by atoms with E-state index in [9.17, 15) is 9.59 Å². The molecule has 1 atom stereocenters. The van der Waals surface area contributed by atoms with Crippen molar-refractivity contribution in [1.29, 1.82) is 0 Å². The van der Waals surface area contributed by atoms with Crippen LogP contribution in [0.5, 0.6) is 11.5 Å². The van der Waals surface area contributed by atoms with Crippen LogP contribution in [0.4, 0.5) is 10.5 Å². The lowest BCUT2D eigenvalue weighted by Crippen LogP contribution is -2.54. The Morgan fingerprint density at radius 1 is 1.16 bits per heavy atom. The summed E-state index contributed by atoms with van der Waals surface area (Å²) in [5, 5.41) is 0. The Balaban J connectivity index is 1.46. The highest BCUT2D eigenvalue weighted by Crippen LogP contribution is 2.49. The molecule has 0 saturated carbocycles. The Morgan fingerprint density at radius 2 is 1.89 bits per heavy atom. The topological polar surface area (TPSA) is 65.6 Å². The lowest BCUT2D eigenvalue weighted by Gasteiger charge is -2.44. The van der Waals surface area contributed by atoms with Gasteiger partial charge in [0, 0.05) is 61.2 Å². The van der Waals surface area contributed by atoms with Gasteiger partial charge in [0.2, 0.25) is 0 Å². The van der Waals surface area contributed by atoms with Gasteiger partial charge in [-0.1, -0.05) is 19.1 Å².